The predicted octanol–water partition coefficient (Wildman–Crippen LogP) is 6.17. The van der Waals surface area contributed by atoms with Crippen LogP contribution < -0.4 is 5.32 Å². The average Bonchev–Trinajstić information content (AvgIpc) is 3.45. The van der Waals surface area contributed by atoms with E-state index in [9.17, 15) is 4.79 Å². The second kappa shape index (κ2) is 8.84. The molecule has 3 heterocycles. The van der Waals surface area contributed by atoms with E-state index in [1.807, 2.05) is 68.4 Å². The van der Waals surface area contributed by atoms with E-state index < -0.39 is 0 Å². The van der Waals surface area contributed by atoms with Gasteiger partial charge in [-0.1, -0.05) is 54.2 Å². The van der Waals surface area contributed by atoms with Gasteiger partial charge in [-0.2, -0.15) is 9.50 Å². The smallest absolute Gasteiger partial charge is 0.291 e. The van der Waals surface area contributed by atoms with E-state index in [1.54, 1.807) is 16.6 Å². The van der Waals surface area contributed by atoms with Gasteiger partial charge in [0.1, 0.15) is 5.03 Å². The van der Waals surface area contributed by atoms with Crippen molar-refractivity contribution in [1.29, 1.82) is 0 Å². The topological polar surface area (TPSA) is 85.3 Å². The van der Waals surface area contributed by atoms with Gasteiger partial charge in [0.2, 0.25) is 0 Å². The normalized spacial score (nSPS) is 11.1. The molecule has 0 spiro atoms. The fraction of sp³-hybridized carbons (Fsp3) is 0.0833. The van der Waals surface area contributed by atoms with Crippen LogP contribution in [-0.4, -0.2) is 25.5 Å². The number of nitrogens with zero attached hydrogens (tertiary/aromatic N) is 4. The molecule has 0 aliphatic heterocycles. The number of fused-ring (bicyclic) bond motifs is 1. The lowest BCUT2D eigenvalue weighted by atomic mass is 10.2. The molecule has 0 aliphatic rings. The largest absolute Gasteiger partial charge is 0.444 e. The summed E-state index contributed by atoms with van der Waals surface area (Å²) >= 11 is 4.73. The van der Waals surface area contributed by atoms with Gasteiger partial charge in [0.05, 0.1) is 5.69 Å². The van der Waals surface area contributed by atoms with Gasteiger partial charge in [0.15, 0.2) is 16.3 Å². The highest BCUT2D eigenvalue weighted by molar-refractivity contribution is 9.10. The van der Waals surface area contributed by atoms with E-state index in [-0.39, 0.29) is 11.7 Å². The van der Waals surface area contributed by atoms with Crippen molar-refractivity contribution in [3.05, 3.63) is 88.4 Å². The first-order chi connectivity index (χ1) is 16.0. The Kier molecular flexibility index (Phi) is 5.74. The van der Waals surface area contributed by atoms with Crippen LogP contribution >= 0.6 is 27.7 Å². The predicted molar refractivity (Wildman–Crippen MR) is 131 cm³/mol. The summed E-state index contributed by atoms with van der Waals surface area (Å²) in [5.74, 6) is 1.04. The minimum absolute atomic E-state index is 0.226. The highest BCUT2D eigenvalue weighted by atomic mass is 79.9. The Hall–Kier alpha value is -3.43. The van der Waals surface area contributed by atoms with E-state index in [1.165, 1.54) is 11.8 Å². The van der Waals surface area contributed by atoms with Crippen molar-refractivity contribution in [1.82, 2.24) is 19.6 Å². The van der Waals surface area contributed by atoms with E-state index in [0.717, 1.165) is 26.7 Å². The maximum absolute atomic E-state index is 12.7. The van der Waals surface area contributed by atoms with Crippen LogP contribution in [0.15, 0.2) is 85.7 Å². The molecule has 2 aromatic carbocycles. The summed E-state index contributed by atoms with van der Waals surface area (Å²) in [5, 5.41) is 8.56. The van der Waals surface area contributed by atoms with Gasteiger partial charge in [-0.25, -0.2) is 4.98 Å². The molecule has 5 rings (SSSR count). The number of rotatable bonds is 5. The Balaban J connectivity index is 1.54. The van der Waals surface area contributed by atoms with Gasteiger partial charge in [-0.15, -0.1) is 5.10 Å². The van der Waals surface area contributed by atoms with E-state index in [0.29, 0.717) is 22.0 Å². The molecule has 0 fully saturated rings. The Morgan fingerprint density at radius 1 is 1.00 bits per heavy atom. The third-order valence-corrected chi connectivity index (χ3v) is 6.76. The Labute approximate surface area is 202 Å². The number of hydrogen-bond acceptors (Lipinski definition) is 6. The maximum atomic E-state index is 12.7. The number of benzene rings is 2. The quantitative estimate of drug-likeness (QED) is 0.279. The monoisotopic (exact) mass is 519 g/mol. The van der Waals surface area contributed by atoms with Gasteiger partial charge in [-0.05, 0) is 54.0 Å². The lowest BCUT2D eigenvalue weighted by Crippen LogP contribution is -2.11. The third kappa shape index (κ3) is 4.29. The molecule has 0 radical (unpaired) electrons. The molecule has 9 heteroatoms. The molecule has 0 bridgehead atoms. The third-order valence-electron chi connectivity index (χ3n) is 5.08. The second-order valence-corrected chi connectivity index (χ2v) is 9.11. The second-order valence-electron chi connectivity index (χ2n) is 7.30. The van der Waals surface area contributed by atoms with Gasteiger partial charge in [0, 0.05) is 21.7 Å². The number of amides is 1. The standard InChI is InChI=1S/C24H18BrN5O2S/c1-14-15(2)26-24-28-21(16-8-4-3-5-9-16)29-30(24)23(14)33-19-11-7-6-10-17(19)27-22(31)18-12-13-20(25)32-18/h3-13H,1-2H3,(H,27,31). The summed E-state index contributed by atoms with van der Waals surface area (Å²) in [6.07, 6.45) is 0. The molecule has 3 aromatic heterocycles. The van der Waals surface area contributed by atoms with Crippen LogP contribution in [0.3, 0.4) is 0 Å². The molecular weight excluding hydrogens is 502 g/mol. The minimum Gasteiger partial charge on any atom is -0.444 e. The van der Waals surface area contributed by atoms with Crippen molar-refractivity contribution >= 4 is 45.1 Å². The molecule has 164 valence electrons. The number of para-hydroxylation sites is 1. The van der Waals surface area contributed by atoms with Crippen LogP contribution in [0.25, 0.3) is 17.2 Å². The number of halogens is 1. The number of anilines is 1. The number of furan rings is 1. The van der Waals surface area contributed by atoms with Crippen molar-refractivity contribution in [2.24, 2.45) is 0 Å². The molecule has 0 saturated heterocycles. The zero-order valence-electron chi connectivity index (χ0n) is 17.7. The summed E-state index contributed by atoms with van der Waals surface area (Å²) in [4.78, 5) is 22.8. The van der Waals surface area contributed by atoms with Crippen molar-refractivity contribution in [3.63, 3.8) is 0 Å². The van der Waals surface area contributed by atoms with Crippen LogP contribution in [0.1, 0.15) is 21.8 Å². The molecular formula is C24H18BrN5O2S. The number of carbonyl (C=O) groups excluding carboxylic acids is 1. The Morgan fingerprint density at radius 3 is 2.52 bits per heavy atom. The molecule has 33 heavy (non-hydrogen) atoms. The van der Waals surface area contributed by atoms with Crippen molar-refractivity contribution in [2.75, 3.05) is 5.32 Å². The van der Waals surface area contributed by atoms with Gasteiger partial charge < -0.3 is 9.73 Å². The van der Waals surface area contributed by atoms with Crippen LogP contribution in [0, 0.1) is 13.8 Å². The molecule has 7 nitrogen and oxygen atoms in total. The zero-order valence-corrected chi connectivity index (χ0v) is 20.1. The van der Waals surface area contributed by atoms with Crippen molar-refractivity contribution < 1.29 is 9.21 Å². The molecule has 0 atom stereocenters. The number of carbonyl (C=O) groups is 1. The fourth-order valence-electron chi connectivity index (χ4n) is 3.27. The molecule has 5 aromatic rings. The van der Waals surface area contributed by atoms with Crippen LogP contribution in [0.5, 0.6) is 0 Å². The van der Waals surface area contributed by atoms with Gasteiger partial charge >= 0.3 is 0 Å². The number of hydrogen-bond donors (Lipinski definition) is 1. The first-order valence-electron chi connectivity index (χ1n) is 10.1. The van der Waals surface area contributed by atoms with Gasteiger partial charge in [0.25, 0.3) is 11.7 Å². The summed E-state index contributed by atoms with van der Waals surface area (Å²) in [5.41, 5.74) is 3.46. The minimum atomic E-state index is -0.325. The van der Waals surface area contributed by atoms with E-state index in [4.69, 9.17) is 9.52 Å². The molecule has 1 N–H and O–H groups in total. The number of aromatic nitrogens is 4. The highest BCUT2D eigenvalue weighted by Gasteiger charge is 2.18. The highest BCUT2D eigenvalue weighted by Crippen LogP contribution is 2.36. The van der Waals surface area contributed by atoms with Crippen LogP contribution in [0.4, 0.5) is 5.69 Å². The Bertz CT molecular complexity index is 1480. The Morgan fingerprint density at radius 2 is 1.76 bits per heavy atom. The first-order valence-corrected chi connectivity index (χ1v) is 11.7. The zero-order chi connectivity index (χ0) is 22.9. The lowest BCUT2D eigenvalue weighted by molar-refractivity contribution is 0.0995. The molecule has 0 unspecified atom stereocenters. The summed E-state index contributed by atoms with van der Waals surface area (Å²) in [6, 6.07) is 20.7. The van der Waals surface area contributed by atoms with Crippen LogP contribution in [-0.2, 0) is 0 Å². The molecule has 0 aliphatic carbocycles. The van der Waals surface area contributed by atoms with E-state index in [2.05, 4.69) is 31.2 Å². The molecule has 0 saturated carbocycles. The average molecular weight is 520 g/mol. The SMILES string of the molecule is Cc1nc2nc(-c3ccccc3)nn2c(Sc2ccccc2NC(=O)c2ccc(Br)o2)c1C. The summed E-state index contributed by atoms with van der Waals surface area (Å²) < 4.78 is 7.64. The number of nitrogens with one attached hydrogen (secondary N) is 1. The first kappa shape index (κ1) is 21.4. The van der Waals surface area contributed by atoms with Crippen LogP contribution in [0.2, 0.25) is 0 Å². The maximum Gasteiger partial charge on any atom is 0.291 e. The number of aryl methyl sites for hydroxylation is 1. The van der Waals surface area contributed by atoms with Crippen molar-refractivity contribution in [3.8, 4) is 11.4 Å². The summed E-state index contributed by atoms with van der Waals surface area (Å²) in [7, 11) is 0. The summed E-state index contributed by atoms with van der Waals surface area (Å²) in [6.45, 7) is 3.97. The lowest BCUT2D eigenvalue weighted by Gasteiger charge is -2.13. The van der Waals surface area contributed by atoms with E-state index >= 15 is 0 Å². The van der Waals surface area contributed by atoms with Crippen molar-refractivity contribution in [2.45, 2.75) is 23.8 Å². The molecule has 1 amide bonds. The fourth-order valence-corrected chi connectivity index (χ4v) is 4.67. The van der Waals surface area contributed by atoms with Gasteiger partial charge in [-0.3, -0.25) is 4.79 Å².